The molecule has 2 bridgehead atoms. The quantitative estimate of drug-likeness (QED) is 0.466. The van der Waals surface area contributed by atoms with E-state index in [1.54, 1.807) is 0 Å². The van der Waals surface area contributed by atoms with E-state index >= 15 is 0 Å². The molecule has 4 rings (SSSR count). The minimum Gasteiger partial charge on any atom is -0.330 e. The first-order chi connectivity index (χ1) is 7.33. The van der Waals surface area contributed by atoms with Crippen molar-refractivity contribution in [3.8, 4) is 0 Å². The van der Waals surface area contributed by atoms with Crippen LogP contribution in [0.15, 0.2) is 24.3 Å². The molecule has 1 aliphatic carbocycles. The fourth-order valence-corrected chi connectivity index (χ4v) is 3.17. The van der Waals surface area contributed by atoms with Crippen LogP contribution in [0.5, 0.6) is 0 Å². The minimum absolute atomic E-state index is 0.0469. The molecule has 0 N–H and O–H groups in total. The molecule has 1 spiro atoms. The van der Waals surface area contributed by atoms with Crippen LogP contribution in [0.3, 0.4) is 0 Å². The predicted molar refractivity (Wildman–Crippen MR) is 59.5 cm³/mol. The summed E-state index contributed by atoms with van der Waals surface area (Å²) in [7, 11) is 0. The van der Waals surface area contributed by atoms with Crippen molar-refractivity contribution < 1.29 is 14.5 Å². The molecule has 0 aromatic rings. The Morgan fingerprint density at radius 3 is 2.31 bits per heavy atom. The lowest BCUT2D eigenvalue weighted by atomic mass is 9.60. The average molecular weight is 222 g/mol. The predicted octanol–water partition coefficient (Wildman–Crippen LogP) is 2.73. The summed E-state index contributed by atoms with van der Waals surface area (Å²) in [6.45, 7) is 8.29. The average Bonchev–Trinajstić information content (AvgIpc) is 2.15. The molecule has 3 nitrogen and oxygen atoms in total. The largest absolute Gasteiger partial charge is 0.330 e. The van der Waals surface area contributed by atoms with Crippen molar-refractivity contribution in [2.45, 2.75) is 51.1 Å². The normalized spacial score (nSPS) is 52.8. The number of ether oxygens (including phenoxy) is 1. The van der Waals surface area contributed by atoms with Crippen LogP contribution < -0.4 is 0 Å². The van der Waals surface area contributed by atoms with Crippen LogP contribution in [0.2, 0.25) is 0 Å². The third-order valence-corrected chi connectivity index (χ3v) is 4.18. The molecule has 3 heteroatoms. The maximum Gasteiger partial charge on any atom is 0.218 e. The lowest BCUT2D eigenvalue weighted by molar-refractivity contribution is -0.537. The lowest BCUT2D eigenvalue weighted by Crippen LogP contribution is -2.71. The van der Waals surface area contributed by atoms with Gasteiger partial charge in [-0.05, 0) is 32.4 Å². The molecule has 0 unspecified atom stereocenters. The Morgan fingerprint density at radius 1 is 0.938 bits per heavy atom. The number of fused-ring (bicyclic) bond motifs is 1. The Kier molecular flexibility index (Phi) is 1.71. The summed E-state index contributed by atoms with van der Waals surface area (Å²) in [4.78, 5) is 11.1. The molecule has 3 atom stereocenters. The fourth-order valence-electron chi connectivity index (χ4n) is 3.17. The number of hydrogen-bond donors (Lipinski definition) is 0. The van der Waals surface area contributed by atoms with E-state index in [1.807, 2.05) is 13.0 Å². The number of hydrogen-bond acceptors (Lipinski definition) is 3. The van der Waals surface area contributed by atoms with Crippen molar-refractivity contribution in [1.29, 1.82) is 0 Å². The lowest BCUT2D eigenvalue weighted by Gasteiger charge is -2.62. The van der Waals surface area contributed by atoms with Crippen LogP contribution in [-0.4, -0.2) is 17.0 Å². The summed E-state index contributed by atoms with van der Waals surface area (Å²) in [6, 6.07) is 0. The van der Waals surface area contributed by atoms with Crippen molar-refractivity contribution in [2.24, 2.45) is 5.41 Å². The number of allylic oxidation sites excluding steroid dienone is 1. The SMILES string of the molecule is CC1(C)CC=C[C@]2(C)O[C@]3(C)C=C[C@]12OO3. The third-order valence-electron chi connectivity index (χ3n) is 4.18. The summed E-state index contributed by atoms with van der Waals surface area (Å²) < 4.78 is 6.07. The zero-order valence-corrected chi connectivity index (χ0v) is 10.2. The maximum absolute atomic E-state index is 6.07. The Morgan fingerprint density at radius 2 is 1.69 bits per heavy atom. The van der Waals surface area contributed by atoms with Crippen LogP contribution in [-0.2, 0) is 14.5 Å². The molecule has 3 heterocycles. The second-order valence-corrected chi connectivity index (χ2v) is 5.95. The van der Waals surface area contributed by atoms with E-state index in [2.05, 4.69) is 39.0 Å². The van der Waals surface area contributed by atoms with Gasteiger partial charge in [-0.1, -0.05) is 26.0 Å². The van der Waals surface area contributed by atoms with Crippen LogP contribution in [0.25, 0.3) is 0 Å². The molecule has 0 amide bonds. The van der Waals surface area contributed by atoms with Crippen LogP contribution in [0, 0.1) is 5.41 Å². The highest BCUT2D eigenvalue weighted by Gasteiger charge is 2.67. The molecule has 16 heavy (non-hydrogen) atoms. The smallest absolute Gasteiger partial charge is 0.218 e. The topological polar surface area (TPSA) is 27.7 Å². The van der Waals surface area contributed by atoms with Gasteiger partial charge in [0.2, 0.25) is 5.79 Å². The maximum atomic E-state index is 6.07. The van der Waals surface area contributed by atoms with E-state index < -0.39 is 17.0 Å². The van der Waals surface area contributed by atoms with Crippen molar-refractivity contribution in [3.63, 3.8) is 0 Å². The van der Waals surface area contributed by atoms with E-state index in [0.29, 0.717) is 0 Å². The number of rotatable bonds is 0. The Hall–Kier alpha value is -0.640. The highest BCUT2D eigenvalue weighted by molar-refractivity contribution is 5.33. The van der Waals surface area contributed by atoms with Crippen LogP contribution in [0.1, 0.15) is 34.1 Å². The summed E-state index contributed by atoms with van der Waals surface area (Å²) in [5.41, 5.74) is -1.02. The van der Waals surface area contributed by atoms with Crippen molar-refractivity contribution in [2.75, 3.05) is 0 Å². The zero-order chi connectivity index (χ0) is 11.7. The van der Waals surface area contributed by atoms with Gasteiger partial charge in [-0.25, -0.2) is 4.89 Å². The molecule has 0 radical (unpaired) electrons. The van der Waals surface area contributed by atoms with Gasteiger partial charge in [0.1, 0.15) is 5.60 Å². The first-order valence-corrected chi connectivity index (χ1v) is 5.78. The minimum atomic E-state index is -0.756. The molecule has 0 saturated carbocycles. The Labute approximate surface area is 96.0 Å². The molecular formula is C13H18O3. The highest BCUT2D eigenvalue weighted by Crippen LogP contribution is 2.58. The van der Waals surface area contributed by atoms with Crippen molar-refractivity contribution >= 4 is 0 Å². The fraction of sp³-hybridized carbons (Fsp3) is 0.692. The summed E-state index contributed by atoms with van der Waals surface area (Å²) in [5.74, 6) is -0.756. The molecule has 1 fully saturated rings. The Balaban J connectivity index is 2.21. The first kappa shape index (κ1) is 10.5. The van der Waals surface area contributed by atoms with E-state index in [0.717, 1.165) is 6.42 Å². The molecule has 88 valence electrons. The van der Waals surface area contributed by atoms with E-state index in [4.69, 9.17) is 14.5 Å². The highest BCUT2D eigenvalue weighted by atomic mass is 17.3. The monoisotopic (exact) mass is 222 g/mol. The molecule has 3 aliphatic heterocycles. The summed E-state index contributed by atoms with van der Waals surface area (Å²) in [5, 5.41) is 0. The second kappa shape index (κ2) is 2.61. The molecule has 0 aromatic carbocycles. The van der Waals surface area contributed by atoms with Gasteiger partial charge < -0.3 is 4.74 Å². The van der Waals surface area contributed by atoms with Gasteiger partial charge in [-0.2, -0.15) is 4.89 Å². The van der Waals surface area contributed by atoms with Gasteiger partial charge in [0, 0.05) is 5.41 Å². The van der Waals surface area contributed by atoms with Crippen molar-refractivity contribution in [1.82, 2.24) is 0 Å². The molecule has 4 aliphatic rings. The van der Waals surface area contributed by atoms with Gasteiger partial charge in [-0.3, -0.25) is 0 Å². The van der Waals surface area contributed by atoms with Crippen LogP contribution in [0.4, 0.5) is 0 Å². The van der Waals surface area contributed by atoms with Gasteiger partial charge in [0.05, 0.1) is 0 Å². The van der Waals surface area contributed by atoms with Gasteiger partial charge in [0.25, 0.3) is 0 Å². The van der Waals surface area contributed by atoms with E-state index in [1.165, 1.54) is 0 Å². The van der Waals surface area contributed by atoms with E-state index in [-0.39, 0.29) is 5.41 Å². The van der Waals surface area contributed by atoms with E-state index in [9.17, 15) is 0 Å². The van der Waals surface area contributed by atoms with Crippen LogP contribution >= 0.6 is 0 Å². The third kappa shape index (κ3) is 0.992. The second-order valence-electron chi connectivity index (χ2n) is 5.95. The van der Waals surface area contributed by atoms with Crippen molar-refractivity contribution in [3.05, 3.63) is 24.3 Å². The summed E-state index contributed by atoms with van der Waals surface area (Å²) >= 11 is 0. The Bertz CT molecular complexity index is 398. The van der Waals surface area contributed by atoms with Gasteiger partial charge in [-0.15, -0.1) is 0 Å². The molecular weight excluding hydrogens is 204 g/mol. The zero-order valence-electron chi connectivity index (χ0n) is 10.2. The first-order valence-electron chi connectivity index (χ1n) is 5.78. The summed E-state index contributed by atoms with van der Waals surface area (Å²) in [6.07, 6.45) is 9.30. The van der Waals surface area contributed by atoms with Gasteiger partial charge in [0.15, 0.2) is 5.60 Å². The standard InChI is InChI=1S/C13H18O3/c1-10(2)6-5-7-11(3)13(10)9-8-12(4,14-11)15-16-13/h5,7-9H,6H2,1-4H3/t11-,12-,13-/m0/s1. The van der Waals surface area contributed by atoms with Gasteiger partial charge >= 0.3 is 0 Å². The molecule has 0 aromatic heterocycles. The molecule has 1 saturated heterocycles.